The molecule has 2 aromatic carbocycles. The number of nitrogens with one attached hydrogen (secondary N) is 1. The van der Waals surface area contributed by atoms with Gasteiger partial charge in [-0.2, -0.15) is 0 Å². The van der Waals surface area contributed by atoms with E-state index in [0.29, 0.717) is 11.3 Å². The van der Waals surface area contributed by atoms with E-state index < -0.39 is 6.04 Å². The van der Waals surface area contributed by atoms with Crippen molar-refractivity contribution >= 4 is 11.8 Å². The van der Waals surface area contributed by atoms with E-state index in [4.69, 9.17) is 9.84 Å². The Bertz CT molecular complexity index is 737. The molecule has 2 aromatic rings. The molecule has 1 atom stereocenters. The van der Waals surface area contributed by atoms with Crippen LogP contribution < -0.4 is 10.1 Å². The summed E-state index contributed by atoms with van der Waals surface area (Å²) in [6.07, 6.45) is 0. The summed E-state index contributed by atoms with van der Waals surface area (Å²) in [5.41, 5.74) is 0.686. The van der Waals surface area contributed by atoms with Gasteiger partial charge in [0, 0.05) is 13.1 Å². The van der Waals surface area contributed by atoms with Crippen molar-refractivity contribution in [3.8, 4) is 5.75 Å². The van der Waals surface area contributed by atoms with E-state index in [0.717, 1.165) is 0 Å². The molecule has 6 nitrogen and oxygen atoms in total. The van der Waals surface area contributed by atoms with E-state index in [1.165, 1.54) is 17.0 Å². The molecule has 0 unspecified atom stereocenters. The van der Waals surface area contributed by atoms with Gasteiger partial charge in [-0.05, 0) is 36.8 Å². The lowest BCUT2D eigenvalue weighted by Gasteiger charge is -2.28. The van der Waals surface area contributed by atoms with E-state index in [-0.39, 0.29) is 43.9 Å². The highest BCUT2D eigenvalue weighted by molar-refractivity contribution is 5.87. The summed E-state index contributed by atoms with van der Waals surface area (Å²) in [4.78, 5) is 26.3. The normalized spacial score (nSPS) is 11.5. The number of hydrogen-bond acceptors (Lipinski definition) is 4. The highest BCUT2D eigenvalue weighted by Crippen LogP contribution is 2.13. The summed E-state index contributed by atoms with van der Waals surface area (Å²) >= 11 is 0. The first-order valence-corrected chi connectivity index (χ1v) is 8.61. The molecule has 0 aliphatic heterocycles. The SMILES string of the molecule is C[C@@H](C(=O)NCCO)N(Cc1ccc(F)cc1)C(=O)COc1ccccc1. The predicted molar refractivity (Wildman–Crippen MR) is 98.4 cm³/mol. The topological polar surface area (TPSA) is 78.9 Å². The summed E-state index contributed by atoms with van der Waals surface area (Å²) in [7, 11) is 0. The number of nitrogens with zero attached hydrogens (tertiary/aromatic N) is 1. The van der Waals surface area contributed by atoms with Crippen molar-refractivity contribution in [2.45, 2.75) is 19.5 Å². The maximum absolute atomic E-state index is 13.1. The summed E-state index contributed by atoms with van der Waals surface area (Å²) < 4.78 is 18.6. The molecule has 144 valence electrons. The molecule has 27 heavy (non-hydrogen) atoms. The van der Waals surface area contributed by atoms with Gasteiger partial charge in [0.2, 0.25) is 5.91 Å². The van der Waals surface area contributed by atoms with Crippen molar-refractivity contribution in [2.75, 3.05) is 19.8 Å². The molecule has 2 rings (SSSR count). The molecule has 0 aliphatic rings. The van der Waals surface area contributed by atoms with E-state index >= 15 is 0 Å². The number of aliphatic hydroxyl groups excluding tert-OH is 1. The van der Waals surface area contributed by atoms with Crippen molar-refractivity contribution in [3.63, 3.8) is 0 Å². The number of hydrogen-bond donors (Lipinski definition) is 2. The highest BCUT2D eigenvalue weighted by atomic mass is 19.1. The van der Waals surface area contributed by atoms with Crippen LogP contribution in [0.2, 0.25) is 0 Å². The van der Waals surface area contributed by atoms with Crippen LogP contribution >= 0.6 is 0 Å². The van der Waals surface area contributed by atoms with Crippen molar-refractivity contribution < 1.29 is 23.8 Å². The number of carbonyl (C=O) groups is 2. The molecule has 0 spiro atoms. The zero-order valence-corrected chi connectivity index (χ0v) is 15.1. The van der Waals surface area contributed by atoms with E-state index in [1.807, 2.05) is 6.07 Å². The van der Waals surface area contributed by atoms with Crippen LogP contribution in [0.15, 0.2) is 54.6 Å². The third kappa shape index (κ3) is 6.38. The Morgan fingerprint density at radius 3 is 2.44 bits per heavy atom. The van der Waals surface area contributed by atoms with Gasteiger partial charge in [-0.3, -0.25) is 9.59 Å². The summed E-state index contributed by atoms with van der Waals surface area (Å²) in [5, 5.41) is 11.4. The zero-order valence-electron chi connectivity index (χ0n) is 15.1. The van der Waals surface area contributed by atoms with Gasteiger partial charge in [0.1, 0.15) is 17.6 Å². The summed E-state index contributed by atoms with van der Waals surface area (Å²) in [5.74, 6) is -0.600. The van der Waals surface area contributed by atoms with Crippen LogP contribution in [-0.2, 0) is 16.1 Å². The minimum atomic E-state index is -0.784. The molecule has 2 N–H and O–H groups in total. The molecule has 0 aromatic heterocycles. The van der Waals surface area contributed by atoms with Gasteiger partial charge < -0.3 is 20.1 Å². The maximum Gasteiger partial charge on any atom is 0.261 e. The second-order valence-corrected chi connectivity index (χ2v) is 5.94. The third-order valence-electron chi connectivity index (χ3n) is 3.95. The first-order valence-electron chi connectivity index (χ1n) is 8.61. The van der Waals surface area contributed by atoms with Crippen LogP contribution in [-0.4, -0.2) is 47.6 Å². The second-order valence-electron chi connectivity index (χ2n) is 5.94. The first-order chi connectivity index (χ1) is 13.0. The number of carbonyl (C=O) groups excluding carboxylic acids is 2. The smallest absolute Gasteiger partial charge is 0.261 e. The average molecular weight is 374 g/mol. The quantitative estimate of drug-likeness (QED) is 0.701. The molecule has 7 heteroatoms. The predicted octanol–water partition coefficient (Wildman–Crippen LogP) is 1.73. The molecule has 0 saturated heterocycles. The highest BCUT2D eigenvalue weighted by Gasteiger charge is 2.26. The largest absolute Gasteiger partial charge is 0.484 e. The molecule has 0 aliphatic carbocycles. The van der Waals surface area contributed by atoms with Crippen LogP contribution in [0.3, 0.4) is 0 Å². The molecule has 0 bridgehead atoms. The molecule has 0 fully saturated rings. The Kier molecular flexibility index (Phi) is 7.76. The molecular formula is C20H23FN2O4. The fourth-order valence-electron chi connectivity index (χ4n) is 2.44. The first kappa shape index (κ1) is 20.4. The number of benzene rings is 2. The van der Waals surface area contributed by atoms with Crippen molar-refractivity contribution in [3.05, 3.63) is 66.0 Å². The lowest BCUT2D eigenvalue weighted by Crippen LogP contribution is -2.49. The van der Waals surface area contributed by atoms with Crippen molar-refractivity contribution in [1.29, 1.82) is 0 Å². The second kappa shape index (κ2) is 10.3. The fraction of sp³-hybridized carbons (Fsp3) is 0.300. The Morgan fingerprint density at radius 1 is 1.15 bits per heavy atom. The van der Waals surface area contributed by atoms with Crippen LogP contribution in [0.1, 0.15) is 12.5 Å². The Labute approximate surface area is 157 Å². The van der Waals surface area contributed by atoms with Crippen LogP contribution in [0.4, 0.5) is 4.39 Å². The average Bonchev–Trinajstić information content (AvgIpc) is 2.70. The minimum Gasteiger partial charge on any atom is -0.484 e. The van der Waals surface area contributed by atoms with Crippen LogP contribution in [0.5, 0.6) is 5.75 Å². The Balaban J connectivity index is 2.10. The molecule has 2 amide bonds. The van der Waals surface area contributed by atoms with Crippen molar-refractivity contribution in [2.24, 2.45) is 0 Å². The number of para-hydroxylation sites is 1. The Hall–Kier alpha value is -2.93. The molecule has 0 radical (unpaired) electrons. The van der Waals surface area contributed by atoms with Gasteiger partial charge in [-0.25, -0.2) is 4.39 Å². The maximum atomic E-state index is 13.1. The lowest BCUT2D eigenvalue weighted by molar-refractivity contribution is -0.142. The fourth-order valence-corrected chi connectivity index (χ4v) is 2.44. The molecular weight excluding hydrogens is 351 g/mol. The van der Waals surface area contributed by atoms with Crippen molar-refractivity contribution in [1.82, 2.24) is 10.2 Å². The molecule has 0 saturated carbocycles. The summed E-state index contributed by atoms with van der Waals surface area (Å²) in [6.45, 7) is 1.40. The number of rotatable bonds is 9. The lowest BCUT2D eigenvalue weighted by atomic mass is 10.1. The number of ether oxygens (including phenoxy) is 1. The van der Waals surface area contributed by atoms with Gasteiger partial charge in [0.15, 0.2) is 6.61 Å². The minimum absolute atomic E-state index is 0.0995. The summed E-state index contributed by atoms with van der Waals surface area (Å²) in [6, 6.07) is 13.8. The monoisotopic (exact) mass is 374 g/mol. The van der Waals surface area contributed by atoms with Gasteiger partial charge in [0.25, 0.3) is 5.91 Å². The van der Waals surface area contributed by atoms with Gasteiger partial charge in [-0.1, -0.05) is 30.3 Å². The Morgan fingerprint density at radius 2 is 1.81 bits per heavy atom. The third-order valence-corrected chi connectivity index (χ3v) is 3.95. The van der Waals surface area contributed by atoms with E-state index in [1.54, 1.807) is 43.3 Å². The number of amides is 2. The van der Waals surface area contributed by atoms with Crippen LogP contribution in [0, 0.1) is 5.82 Å². The van der Waals surface area contributed by atoms with Gasteiger partial charge in [-0.15, -0.1) is 0 Å². The molecule has 0 heterocycles. The number of halogens is 1. The van der Waals surface area contributed by atoms with E-state index in [2.05, 4.69) is 5.32 Å². The van der Waals surface area contributed by atoms with Gasteiger partial charge >= 0.3 is 0 Å². The van der Waals surface area contributed by atoms with E-state index in [9.17, 15) is 14.0 Å². The standard InChI is InChI=1S/C20H23FN2O4/c1-15(20(26)22-11-12-24)23(13-16-7-9-17(21)10-8-16)19(25)14-27-18-5-3-2-4-6-18/h2-10,15,24H,11-14H2,1H3,(H,22,26)/t15-/m0/s1. The number of aliphatic hydroxyl groups is 1. The zero-order chi connectivity index (χ0) is 19.6. The van der Waals surface area contributed by atoms with Crippen LogP contribution in [0.25, 0.3) is 0 Å². The van der Waals surface area contributed by atoms with Gasteiger partial charge in [0.05, 0.1) is 6.61 Å².